The second-order valence-electron chi connectivity index (χ2n) is 4.06. The highest BCUT2D eigenvalue weighted by Gasteiger charge is 2.28. The minimum atomic E-state index is 0.420. The number of aromatic amines is 1. The lowest BCUT2D eigenvalue weighted by atomic mass is 10.1. The van der Waals surface area contributed by atoms with Crippen LogP contribution in [0.4, 0.5) is 0 Å². The normalized spacial score (nSPS) is 27.6. The summed E-state index contributed by atoms with van der Waals surface area (Å²) < 4.78 is 5.37. The van der Waals surface area contributed by atoms with Crippen LogP contribution in [0.25, 0.3) is 0 Å². The molecule has 0 spiro atoms. The molecule has 82 valence electrons. The smallest absolute Gasteiger partial charge is 0.0926 e. The summed E-state index contributed by atoms with van der Waals surface area (Å²) in [5.74, 6) is 0. The zero-order valence-corrected chi connectivity index (χ0v) is 8.70. The first-order valence-electron chi connectivity index (χ1n) is 5.50. The molecule has 5 heteroatoms. The number of ether oxygens (including phenoxy) is 1. The van der Waals surface area contributed by atoms with Crippen molar-refractivity contribution in [3.8, 4) is 0 Å². The zero-order chi connectivity index (χ0) is 10.1. The average molecular weight is 208 g/mol. The number of nitrogens with one attached hydrogen (secondary N) is 2. The molecule has 0 aliphatic carbocycles. The first-order valence-corrected chi connectivity index (χ1v) is 5.50. The molecule has 1 unspecified atom stereocenters. The van der Waals surface area contributed by atoms with Crippen LogP contribution in [0.3, 0.4) is 0 Å². The quantitative estimate of drug-likeness (QED) is 0.676. The van der Waals surface area contributed by atoms with E-state index in [1.54, 1.807) is 6.33 Å². The van der Waals surface area contributed by atoms with Crippen LogP contribution in [0.5, 0.6) is 0 Å². The Bertz CT molecular complexity index is 332. The number of aromatic nitrogens is 2. The maximum absolute atomic E-state index is 5.37. The van der Waals surface area contributed by atoms with Crippen molar-refractivity contribution in [3.05, 3.63) is 17.7 Å². The van der Waals surface area contributed by atoms with Gasteiger partial charge in [0.1, 0.15) is 0 Å². The van der Waals surface area contributed by atoms with Crippen molar-refractivity contribution in [2.75, 3.05) is 32.8 Å². The molecule has 2 aliphatic heterocycles. The lowest BCUT2D eigenvalue weighted by Gasteiger charge is -2.36. The minimum Gasteiger partial charge on any atom is -0.379 e. The number of fused-ring (bicyclic) bond motifs is 1. The molecular formula is C10H16N4O. The molecule has 2 aliphatic rings. The Hall–Kier alpha value is -0.910. The third kappa shape index (κ3) is 1.67. The fourth-order valence-electron chi connectivity index (χ4n) is 2.38. The Labute approximate surface area is 88.8 Å². The molecule has 0 radical (unpaired) electrons. The van der Waals surface area contributed by atoms with E-state index in [0.29, 0.717) is 6.04 Å². The van der Waals surface area contributed by atoms with Gasteiger partial charge in [0.15, 0.2) is 0 Å². The van der Waals surface area contributed by atoms with Crippen LogP contribution in [-0.2, 0) is 11.3 Å². The van der Waals surface area contributed by atoms with E-state index in [9.17, 15) is 0 Å². The molecular weight excluding hydrogens is 192 g/mol. The van der Waals surface area contributed by atoms with Gasteiger partial charge in [-0.2, -0.15) is 0 Å². The Kier molecular flexibility index (Phi) is 2.44. The van der Waals surface area contributed by atoms with Gasteiger partial charge in [0.2, 0.25) is 0 Å². The summed E-state index contributed by atoms with van der Waals surface area (Å²) in [6, 6.07) is 0.420. The molecule has 1 fully saturated rings. The van der Waals surface area contributed by atoms with Crippen molar-refractivity contribution >= 4 is 0 Å². The maximum atomic E-state index is 5.37. The van der Waals surface area contributed by atoms with Gasteiger partial charge in [0.05, 0.1) is 37.0 Å². The highest BCUT2D eigenvalue weighted by molar-refractivity contribution is 5.19. The second-order valence-corrected chi connectivity index (χ2v) is 4.06. The number of H-pyrrole nitrogens is 1. The van der Waals surface area contributed by atoms with Gasteiger partial charge in [-0.05, 0) is 0 Å². The van der Waals surface area contributed by atoms with E-state index >= 15 is 0 Å². The summed E-state index contributed by atoms with van der Waals surface area (Å²) in [5, 5.41) is 3.42. The van der Waals surface area contributed by atoms with Crippen LogP contribution < -0.4 is 5.32 Å². The molecule has 15 heavy (non-hydrogen) atoms. The van der Waals surface area contributed by atoms with Crippen LogP contribution in [0.2, 0.25) is 0 Å². The SMILES string of the molecule is c1nc2c([nH]1)CNCC2N1CCOCC1. The van der Waals surface area contributed by atoms with Crippen molar-refractivity contribution in [2.24, 2.45) is 0 Å². The molecule has 5 nitrogen and oxygen atoms in total. The number of hydrogen-bond donors (Lipinski definition) is 2. The van der Waals surface area contributed by atoms with Gasteiger partial charge in [0, 0.05) is 26.2 Å². The van der Waals surface area contributed by atoms with E-state index in [-0.39, 0.29) is 0 Å². The van der Waals surface area contributed by atoms with Gasteiger partial charge in [-0.3, -0.25) is 4.90 Å². The van der Waals surface area contributed by atoms with Crippen molar-refractivity contribution in [3.63, 3.8) is 0 Å². The first-order chi connectivity index (χ1) is 7.45. The van der Waals surface area contributed by atoms with Crippen molar-refractivity contribution in [1.29, 1.82) is 0 Å². The maximum Gasteiger partial charge on any atom is 0.0926 e. The van der Waals surface area contributed by atoms with Crippen molar-refractivity contribution in [1.82, 2.24) is 20.2 Å². The molecule has 2 N–H and O–H groups in total. The fourth-order valence-corrected chi connectivity index (χ4v) is 2.38. The minimum absolute atomic E-state index is 0.420. The number of nitrogens with zero attached hydrogens (tertiary/aromatic N) is 2. The van der Waals surface area contributed by atoms with E-state index in [1.165, 1.54) is 11.4 Å². The summed E-state index contributed by atoms with van der Waals surface area (Å²) in [7, 11) is 0. The summed E-state index contributed by atoms with van der Waals surface area (Å²) in [4.78, 5) is 10.1. The highest BCUT2D eigenvalue weighted by Crippen LogP contribution is 2.24. The van der Waals surface area contributed by atoms with Gasteiger partial charge >= 0.3 is 0 Å². The van der Waals surface area contributed by atoms with Crippen LogP contribution in [0.15, 0.2) is 6.33 Å². The Morgan fingerprint density at radius 2 is 2.27 bits per heavy atom. The van der Waals surface area contributed by atoms with E-state index in [0.717, 1.165) is 39.4 Å². The Balaban J connectivity index is 1.82. The molecule has 1 atom stereocenters. The zero-order valence-electron chi connectivity index (χ0n) is 8.70. The molecule has 0 bridgehead atoms. The number of rotatable bonds is 1. The fraction of sp³-hybridized carbons (Fsp3) is 0.700. The van der Waals surface area contributed by atoms with Crippen LogP contribution in [0, 0.1) is 0 Å². The standard InChI is InChI=1S/C10H16N4O/c1-3-15-4-2-14(1)9-6-11-5-8-10(9)13-7-12-8/h7,9,11H,1-6H2,(H,12,13). The topological polar surface area (TPSA) is 53.2 Å². The average Bonchev–Trinajstić information content (AvgIpc) is 2.78. The largest absolute Gasteiger partial charge is 0.379 e. The van der Waals surface area contributed by atoms with Crippen LogP contribution in [-0.4, -0.2) is 47.7 Å². The van der Waals surface area contributed by atoms with E-state index < -0.39 is 0 Å². The number of imidazole rings is 1. The third-order valence-corrected chi connectivity index (χ3v) is 3.19. The van der Waals surface area contributed by atoms with Gasteiger partial charge in [-0.1, -0.05) is 0 Å². The van der Waals surface area contributed by atoms with Gasteiger partial charge in [-0.25, -0.2) is 4.98 Å². The van der Waals surface area contributed by atoms with Gasteiger partial charge in [-0.15, -0.1) is 0 Å². The Morgan fingerprint density at radius 3 is 3.13 bits per heavy atom. The third-order valence-electron chi connectivity index (χ3n) is 3.19. The molecule has 1 aromatic rings. The van der Waals surface area contributed by atoms with Gasteiger partial charge < -0.3 is 15.0 Å². The monoisotopic (exact) mass is 208 g/mol. The predicted octanol–water partition coefficient (Wildman–Crippen LogP) is -0.114. The summed E-state index contributed by atoms with van der Waals surface area (Å²) in [6.07, 6.45) is 1.80. The van der Waals surface area contributed by atoms with Crippen LogP contribution >= 0.6 is 0 Å². The lowest BCUT2D eigenvalue weighted by Crippen LogP contribution is -2.45. The van der Waals surface area contributed by atoms with Crippen molar-refractivity contribution in [2.45, 2.75) is 12.6 Å². The molecule has 3 heterocycles. The molecule has 1 aromatic heterocycles. The van der Waals surface area contributed by atoms with E-state index in [4.69, 9.17) is 4.74 Å². The summed E-state index contributed by atoms with van der Waals surface area (Å²) in [6.45, 7) is 5.62. The highest BCUT2D eigenvalue weighted by atomic mass is 16.5. The first kappa shape index (κ1) is 9.33. The van der Waals surface area contributed by atoms with E-state index in [2.05, 4.69) is 20.2 Å². The lowest BCUT2D eigenvalue weighted by molar-refractivity contribution is 0.0137. The predicted molar refractivity (Wildman–Crippen MR) is 55.4 cm³/mol. The van der Waals surface area contributed by atoms with E-state index in [1.807, 2.05) is 0 Å². The molecule has 0 saturated carbocycles. The Morgan fingerprint density at radius 1 is 1.40 bits per heavy atom. The number of hydrogen-bond acceptors (Lipinski definition) is 4. The van der Waals surface area contributed by atoms with Gasteiger partial charge in [0.25, 0.3) is 0 Å². The summed E-state index contributed by atoms with van der Waals surface area (Å²) >= 11 is 0. The molecule has 3 rings (SSSR count). The molecule has 0 amide bonds. The number of morpholine rings is 1. The van der Waals surface area contributed by atoms with Crippen LogP contribution in [0.1, 0.15) is 17.4 Å². The molecule has 1 saturated heterocycles. The van der Waals surface area contributed by atoms with Crippen molar-refractivity contribution < 1.29 is 4.74 Å². The summed E-state index contributed by atoms with van der Waals surface area (Å²) in [5.41, 5.74) is 2.45. The second kappa shape index (κ2) is 3.92. The molecule has 0 aromatic carbocycles.